The van der Waals surface area contributed by atoms with Gasteiger partial charge >= 0.3 is 0 Å². The van der Waals surface area contributed by atoms with Gasteiger partial charge in [-0.3, -0.25) is 14.5 Å². The number of benzene rings is 1. The third-order valence-corrected chi connectivity index (χ3v) is 2.90. The molecular weight excluding hydrogens is 259 g/mol. The maximum absolute atomic E-state index is 12.8. The molecule has 1 rings (SSSR count). The third kappa shape index (κ3) is 5.93. The van der Waals surface area contributed by atoms with Crippen LogP contribution in [-0.2, 0) is 16.0 Å². The predicted octanol–water partition coefficient (Wildman–Crippen LogP) is 1.40. The molecule has 0 aliphatic rings. The molecule has 0 saturated heterocycles. The first kappa shape index (κ1) is 16.3. The molecule has 5 heteroatoms. The smallest absolute Gasteiger partial charge is 0.233 e. The van der Waals surface area contributed by atoms with Gasteiger partial charge in [-0.2, -0.15) is 0 Å². The van der Waals surface area contributed by atoms with Gasteiger partial charge in [-0.05, 0) is 30.7 Å². The average Bonchev–Trinajstić information content (AvgIpc) is 2.41. The predicted molar refractivity (Wildman–Crippen MR) is 75.9 cm³/mol. The zero-order valence-corrected chi connectivity index (χ0v) is 12.0. The van der Waals surface area contributed by atoms with Gasteiger partial charge in [-0.25, -0.2) is 4.39 Å². The van der Waals surface area contributed by atoms with Crippen LogP contribution in [0.4, 0.5) is 4.39 Å². The van der Waals surface area contributed by atoms with Crippen LogP contribution in [0.25, 0.3) is 0 Å². The lowest BCUT2D eigenvalue weighted by Gasteiger charge is -2.19. The van der Waals surface area contributed by atoms with Gasteiger partial charge in [0.15, 0.2) is 5.78 Å². The molecule has 0 bridgehead atoms. The first-order valence-electron chi connectivity index (χ1n) is 6.74. The highest BCUT2D eigenvalue weighted by Gasteiger charge is 2.13. The van der Waals surface area contributed by atoms with Crippen molar-refractivity contribution >= 4 is 11.7 Å². The van der Waals surface area contributed by atoms with Crippen molar-refractivity contribution in [2.45, 2.75) is 19.8 Å². The first-order valence-corrected chi connectivity index (χ1v) is 6.74. The topological polar surface area (TPSA) is 49.4 Å². The van der Waals surface area contributed by atoms with Gasteiger partial charge in [-0.1, -0.05) is 19.1 Å². The van der Waals surface area contributed by atoms with E-state index in [0.717, 1.165) is 12.0 Å². The van der Waals surface area contributed by atoms with E-state index in [-0.39, 0.29) is 37.0 Å². The number of rotatable bonds is 8. The van der Waals surface area contributed by atoms with Gasteiger partial charge in [0.25, 0.3) is 0 Å². The number of carbonyl (C=O) groups excluding carboxylic acids is 2. The van der Waals surface area contributed by atoms with E-state index < -0.39 is 0 Å². The van der Waals surface area contributed by atoms with Crippen LogP contribution in [0.3, 0.4) is 0 Å². The number of hydrogen-bond donors (Lipinski definition) is 1. The Labute approximate surface area is 119 Å². The van der Waals surface area contributed by atoms with E-state index in [4.69, 9.17) is 0 Å². The van der Waals surface area contributed by atoms with Gasteiger partial charge in [0.05, 0.1) is 13.1 Å². The minimum atomic E-state index is -0.312. The van der Waals surface area contributed by atoms with Crippen LogP contribution in [0.1, 0.15) is 18.9 Å². The Balaban J connectivity index is 2.52. The summed E-state index contributed by atoms with van der Waals surface area (Å²) in [5, 5.41) is 2.55. The molecular formula is C15H21FN2O2. The van der Waals surface area contributed by atoms with Crippen molar-refractivity contribution in [3.8, 4) is 0 Å². The van der Waals surface area contributed by atoms with E-state index in [2.05, 4.69) is 5.32 Å². The fourth-order valence-electron chi connectivity index (χ4n) is 1.95. The number of hydrogen-bond acceptors (Lipinski definition) is 3. The summed E-state index contributed by atoms with van der Waals surface area (Å²) in [4.78, 5) is 25.2. The lowest BCUT2D eigenvalue weighted by molar-refractivity contribution is -0.123. The van der Waals surface area contributed by atoms with Crippen LogP contribution in [0.2, 0.25) is 0 Å². The summed E-state index contributed by atoms with van der Waals surface area (Å²) in [5.74, 6) is -0.393. The second-order valence-corrected chi connectivity index (χ2v) is 4.73. The van der Waals surface area contributed by atoms with Crippen molar-refractivity contribution in [2.75, 3.05) is 26.7 Å². The summed E-state index contributed by atoms with van der Waals surface area (Å²) in [6.45, 7) is 3.15. The number of Topliss-reactive ketones (excluding diaryl/α,β-unsaturated/α-hetero) is 1. The molecule has 20 heavy (non-hydrogen) atoms. The monoisotopic (exact) mass is 280 g/mol. The molecule has 1 aromatic carbocycles. The number of likely N-dealkylation sites (N-methyl/N-ethyl adjacent to an activating group) is 1. The van der Waals surface area contributed by atoms with Gasteiger partial charge in [0.1, 0.15) is 5.82 Å². The van der Waals surface area contributed by atoms with Crippen molar-refractivity contribution in [3.63, 3.8) is 0 Å². The largest absolute Gasteiger partial charge is 0.358 e. The van der Waals surface area contributed by atoms with Crippen LogP contribution in [0.5, 0.6) is 0 Å². The zero-order valence-electron chi connectivity index (χ0n) is 12.0. The number of nitrogens with one attached hydrogen (secondary N) is 1. The number of ketones is 1. The molecule has 1 N–H and O–H groups in total. The fourth-order valence-corrected chi connectivity index (χ4v) is 1.95. The van der Waals surface area contributed by atoms with Crippen molar-refractivity contribution in [1.82, 2.24) is 10.2 Å². The molecule has 0 saturated carbocycles. The summed E-state index contributed by atoms with van der Waals surface area (Å²) in [6, 6.07) is 5.90. The molecule has 0 atom stereocenters. The average molecular weight is 280 g/mol. The molecule has 0 fully saturated rings. The summed E-state index contributed by atoms with van der Waals surface area (Å²) < 4.78 is 12.8. The number of carbonyl (C=O) groups is 2. The molecule has 4 nitrogen and oxygen atoms in total. The molecule has 1 aromatic rings. The molecule has 0 unspecified atom stereocenters. The van der Waals surface area contributed by atoms with E-state index in [0.29, 0.717) is 6.54 Å². The number of nitrogens with zero attached hydrogens (tertiary/aromatic N) is 1. The minimum Gasteiger partial charge on any atom is -0.358 e. The maximum Gasteiger partial charge on any atom is 0.233 e. The standard InChI is InChI=1S/C15H21FN2O2/c1-3-8-18(11-15(20)17-2)10-14(19)9-12-4-6-13(16)7-5-12/h4-7H,3,8-11H2,1-2H3,(H,17,20). The van der Waals surface area contributed by atoms with Gasteiger partial charge < -0.3 is 5.32 Å². The highest BCUT2D eigenvalue weighted by Crippen LogP contribution is 2.05. The Hall–Kier alpha value is -1.75. The SMILES string of the molecule is CCCN(CC(=O)Cc1ccc(F)cc1)CC(=O)NC. The molecule has 1 amide bonds. The van der Waals surface area contributed by atoms with Crippen LogP contribution in [-0.4, -0.2) is 43.3 Å². The zero-order chi connectivity index (χ0) is 15.0. The van der Waals surface area contributed by atoms with E-state index >= 15 is 0 Å². The minimum absolute atomic E-state index is 0.0222. The molecule has 0 aliphatic carbocycles. The van der Waals surface area contributed by atoms with Gasteiger partial charge in [-0.15, -0.1) is 0 Å². The highest BCUT2D eigenvalue weighted by molar-refractivity contribution is 5.84. The van der Waals surface area contributed by atoms with Crippen LogP contribution < -0.4 is 5.32 Å². The number of amides is 1. The van der Waals surface area contributed by atoms with Crippen LogP contribution >= 0.6 is 0 Å². The molecule has 0 aromatic heterocycles. The second kappa shape index (κ2) is 8.43. The summed E-state index contributed by atoms with van der Waals surface area (Å²) >= 11 is 0. The van der Waals surface area contributed by atoms with Gasteiger partial charge in [0.2, 0.25) is 5.91 Å². The fraction of sp³-hybridized carbons (Fsp3) is 0.467. The first-order chi connectivity index (χ1) is 9.55. The van der Waals surface area contributed by atoms with E-state index in [1.165, 1.54) is 12.1 Å². The number of halogens is 1. The molecule has 0 radical (unpaired) electrons. The van der Waals surface area contributed by atoms with Crippen LogP contribution in [0.15, 0.2) is 24.3 Å². The Bertz CT molecular complexity index is 446. The van der Waals surface area contributed by atoms with E-state index in [1.807, 2.05) is 11.8 Å². The summed E-state index contributed by atoms with van der Waals surface area (Å²) in [7, 11) is 1.58. The molecule has 110 valence electrons. The molecule has 0 spiro atoms. The van der Waals surface area contributed by atoms with E-state index in [9.17, 15) is 14.0 Å². The van der Waals surface area contributed by atoms with Crippen molar-refractivity contribution < 1.29 is 14.0 Å². The van der Waals surface area contributed by atoms with E-state index in [1.54, 1.807) is 19.2 Å². The summed E-state index contributed by atoms with van der Waals surface area (Å²) in [6.07, 6.45) is 1.13. The Kier molecular flexibility index (Phi) is 6.87. The second-order valence-electron chi connectivity index (χ2n) is 4.73. The normalized spacial score (nSPS) is 10.6. The van der Waals surface area contributed by atoms with Gasteiger partial charge in [0, 0.05) is 13.5 Å². The Morgan fingerprint density at radius 1 is 1.20 bits per heavy atom. The Morgan fingerprint density at radius 2 is 1.85 bits per heavy atom. The lowest BCUT2D eigenvalue weighted by Crippen LogP contribution is -2.39. The molecule has 0 aliphatic heterocycles. The van der Waals surface area contributed by atoms with Crippen molar-refractivity contribution in [3.05, 3.63) is 35.6 Å². The molecule has 0 heterocycles. The highest BCUT2D eigenvalue weighted by atomic mass is 19.1. The van der Waals surface area contributed by atoms with Crippen LogP contribution in [0, 0.1) is 5.82 Å². The quantitative estimate of drug-likeness (QED) is 0.783. The maximum atomic E-state index is 12.8. The summed E-state index contributed by atoms with van der Waals surface area (Å²) in [5.41, 5.74) is 0.785. The Morgan fingerprint density at radius 3 is 2.40 bits per heavy atom. The third-order valence-electron chi connectivity index (χ3n) is 2.90. The van der Waals surface area contributed by atoms with Crippen molar-refractivity contribution in [1.29, 1.82) is 0 Å². The van der Waals surface area contributed by atoms with Crippen molar-refractivity contribution in [2.24, 2.45) is 0 Å². The lowest BCUT2D eigenvalue weighted by atomic mass is 10.1.